The molecular weight excluding hydrogens is 330 g/mol. The van der Waals surface area contributed by atoms with Crippen molar-refractivity contribution in [3.8, 4) is 0 Å². The van der Waals surface area contributed by atoms with E-state index in [2.05, 4.69) is 15.4 Å². The summed E-state index contributed by atoms with van der Waals surface area (Å²) in [5.74, 6) is -0.0446. The van der Waals surface area contributed by atoms with Gasteiger partial charge in [0.15, 0.2) is 0 Å². The van der Waals surface area contributed by atoms with Gasteiger partial charge in [0.1, 0.15) is 0 Å². The lowest BCUT2D eigenvalue weighted by atomic mass is 10.1. The molecule has 1 N–H and O–H groups in total. The molecule has 0 saturated heterocycles. The number of nitrogens with zero attached hydrogens (tertiary/aromatic N) is 4. The predicted molar refractivity (Wildman–Crippen MR) is 97.5 cm³/mol. The van der Waals surface area contributed by atoms with E-state index in [4.69, 9.17) is 0 Å². The molecule has 0 unspecified atom stereocenters. The molecule has 0 bridgehead atoms. The first-order valence-electron chi connectivity index (χ1n) is 8.84. The van der Waals surface area contributed by atoms with Crippen LogP contribution in [0.1, 0.15) is 19.3 Å². The summed E-state index contributed by atoms with van der Waals surface area (Å²) in [6.45, 7) is 1.81. The highest BCUT2D eigenvalue weighted by atomic mass is 16.1. The highest BCUT2D eigenvalue weighted by Gasteiger charge is 2.43. The number of aromatic nitrogens is 4. The number of rotatable bonds is 7. The van der Waals surface area contributed by atoms with Gasteiger partial charge in [0.25, 0.3) is 5.56 Å². The standard InChI is InChI=1S/C19H21N5O2/c25-17(20-12-19(7-8-19)13-24-10-3-9-22-24)6-11-23-14-21-16-5-2-1-4-15(16)18(23)26/h1-5,9-10,14H,6-8,11-13H2,(H,20,25). The minimum Gasteiger partial charge on any atom is -0.355 e. The highest BCUT2D eigenvalue weighted by Crippen LogP contribution is 2.46. The van der Waals surface area contributed by atoms with Crippen LogP contribution in [0.2, 0.25) is 0 Å². The van der Waals surface area contributed by atoms with Crippen molar-refractivity contribution < 1.29 is 4.79 Å². The predicted octanol–water partition coefficient (Wildman–Crippen LogP) is 1.58. The van der Waals surface area contributed by atoms with Crippen molar-refractivity contribution in [2.24, 2.45) is 5.41 Å². The van der Waals surface area contributed by atoms with Gasteiger partial charge in [-0.05, 0) is 31.0 Å². The maximum absolute atomic E-state index is 12.4. The molecule has 1 aliphatic carbocycles. The number of fused-ring (bicyclic) bond motifs is 1. The number of para-hydroxylation sites is 1. The Morgan fingerprint density at radius 3 is 2.85 bits per heavy atom. The van der Waals surface area contributed by atoms with E-state index in [0.29, 0.717) is 24.0 Å². The molecule has 0 spiro atoms. The summed E-state index contributed by atoms with van der Waals surface area (Å²) < 4.78 is 3.41. The topological polar surface area (TPSA) is 81.8 Å². The van der Waals surface area contributed by atoms with Crippen LogP contribution in [-0.2, 0) is 17.9 Å². The molecule has 26 heavy (non-hydrogen) atoms. The molecule has 7 nitrogen and oxygen atoms in total. The molecular formula is C19H21N5O2. The van der Waals surface area contributed by atoms with Gasteiger partial charge in [-0.25, -0.2) is 4.98 Å². The summed E-state index contributed by atoms with van der Waals surface area (Å²) in [5, 5.41) is 7.82. The third-order valence-electron chi connectivity index (χ3n) is 4.99. The average molecular weight is 351 g/mol. The number of aryl methyl sites for hydroxylation is 1. The number of amides is 1. The second kappa shape index (κ2) is 6.74. The minimum absolute atomic E-state index is 0.0446. The Labute approximate surface area is 150 Å². The molecule has 0 radical (unpaired) electrons. The molecule has 2 aromatic heterocycles. The van der Waals surface area contributed by atoms with E-state index in [0.717, 1.165) is 19.4 Å². The molecule has 1 amide bonds. The Morgan fingerprint density at radius 2 is 2.08 bits per heavy atom. The molecule has 4 rings (SSSR count). The van der Waals surface area contributed by atoms with Crippen LogP contribution in [0.25, 0.3) is 10.9 Å². The van der Waals surface area contributed by atoms with Crippen molar-refractivity contribution in [2.75, 3.05) is 6.54 Å². The molecule has 1 aromatic carbocycles. The molecule has 2 heterocycles. The summed E-state index contributed by atoms with van der Waals surface area (Å²) in [6, 6.07) is 9.14. The van der Waals surface area contributed by atoms with Crippen LogP contribution in [0.4, 0.5) is 0 Å². The van der Waals surface area contributed by atoms with E-state index in [1.165, 1.54) is 10.9 Å². The summed E-state index contributed by atoms with van der Waals surface area (Å²) in [5.41, 5.74) is 0.691. The molecule has 1 aliphatic rings. The van der Waals surface area contributed by atoms with Crippen LogP contribution in [0.3, 0.4) is 0 Å². The molecule has 0 aliphatic heterocycles. The fourth-order valence-corrected chi connectivity index (χ4v) is 3.17. The Kier molecular flexibility index (Phi) is 4.28. The lowest BCUT2D eigenvalue weighted by molar-refractivity contribution is -0.121. The van der Waals surface area contributed by atoms with Gasteiger partial charge in [0, 0.05) is 43.9 Å². The number of nitrogens with one attached hydrogen (secondary N) is 1. The largest absolute Gasteiger partial charge is 0.355 e. The smallest absolute Gasteiger partial charge is 0.261 e. The van der Waals surface area contributed by atoms with Crippen molar-refractivity contribution in [3.05, 3.63) is 59.4 Å². The zero-order valence-electron chi connectivity index (χ0n) is 14.5. The molecule has 3 aromatic rings. The summed E-state index contributed by atoms with van der Waals surface area (Å²) in [6.07, 6.45) is 7.68. The second-order valence-electron chi connectivity index (χ2n) is 6.99. The van der Waals surface area contributed by atoms with Crippen molar-refractivity contribution in [3.63, 3.8) is 0 Å². The number of carbonyl (C=O) groups excluding carboxylic acids is 1. The Hall–Kier alpha value is -2.96. The number of hydrogen-bond acceptors (Lipinski definition) is 4. The van der Waals surface area contributed by atoms with Crippen molar-refractivity contribution in [1.82, 2.24) is 24.6 Å². The Bertz CT molecular complexity index is 973. The van der Waals surface area contributed by atoms with Crippen LogP contribution < -0.4 is 10.9 Å². The van der Waals surface area contributed by atoms with E-state index in [-0.39, 0.29) is 23.3 Å². The number of carbonyl (C=O) groups is 1. The lowest BCUT2D eigenvalue weighted by Crippen LogP contribution is -2.33. The Morgan fingerprint density at radius 1 is 1.23 bits per heavy atom. The quantitative estimate of drug-likeness (QED) is 0.701. The zero-order chi connectivity index (χ0) is 18.0. The van der Waals surface area contributed by atoms with Crippen LogP contribution >= 0.6 is 0 Å². The van der Waals surface area contributed by atoms with Crippen LogP contribution in [0.15, 0.2) is 53.8 Å². The normalized spacial score (nSPS) is 15.1. The molecule has 0 atom stereocenters. The van der Waals surface area contributed by atoms with E-state index in [9.17, 15) is 9.59 Å². The summed E-state index contributed by atoms with van der Waals surface area (Å²) >= 11 is 0. The first-order chi connectivity index (χ1) is 12.7. The molecule has 134 valence electrons. The van der Waals surface area contributed by atoms with Crippen LogP contribution in [0.5, 0.6) is 0 Å². The van der Waals surface area contributed by atoms with E-state index < -0.39 is 0 Å². The van der Waals surface area contributed by atoms with E-state index >= 15 is 0 Å². The first kappa shape index (κ1) is 16.5. The van der Waals surface area contributed by atoms with Crippen molar-refractivity contribution in [1.29, 1.82) is 0 Å². The van der Waals surface area contributed by atoms with Crippen LogP contribution in [0, 0.1) is 5.41 Å². The fraction of sp³-hybridized carbons (Fsp3) is 0.368. The third kappa shape index (κ3) is 3.51. The van der Waals surface area contributed by atoms with E-state index in [1.54, 1.807) is 12.3 Å². The van der Waals surface area contributed by atoms with Gasteiger partial charge in [-0.3, -0.25) is 18.8 Å². The third-order valence-corrected chi connectivity index (χ3v) is 4.99. The average Bonchev–Trinajstić information content (AvgIpc) is 3.23. The van der Waals surface area contributed by atoms with Gasteiger partial charge in [-0.2, -0.15) is 5.10 Å². The molecule has 1 fully saturated rings. The SMILES string of the molecule is O=C(CCn1cnc2ccccc2c1=O)NCC1(Cn2cccn2)CC1. The van der Waals surface area contributed by atoms with Gasteiger partial charge in [-0.15, -0.1) is 0 Å². The summed E-state index contributed by atoms with van der Waals surface area (Å²) in [7, 11) is 0. The van der Waals surface area contributed by atoms with E-state index in [1.807, 2.05) is 35.1 Å². The van der Waals surface area contributed by atoms with Crippen LogP contribution in [-0.4, -0.2) is 31.8 Å². The van der Waals surface area contributed by atoms with Gasteiger partial charge < -0.3 is 5.32 Å². The zero-order valence-corrected chi connectivity index (χ0v) is 14.5. The maximum atomic E-state index is 12.4. The number of benzene rings is 1. The van der Waals surface area contributed by atoms with Crippen molar-refractivity contribution in [2.45, 2.75) is 32.4 Å². The first-order valence-corrected chi connectivity index (χ1v) is 8.84. The van der Waals surface area contributed by atoms with Crippen molar-refractivity contribution >= 4 is 16.8 Å². The second-order valence-corrected chi connectivity index (χ2v) is 6.99. The van der Waals surface area contributed by atoms with Gasteiger partial charge in [0.2, 0.25) is 5.91 Å². The fourth-order valence-electron chi connectivity index (χ4n) is 3.17. The molecule has 1 saturated carbocycles. The minimum atomic E-state index is -0.110. The molecule has 7 heteroatoms. The lowest BCUT2D eigenvalue weighted by Gasteiger charge is -2.16. The van der Waals surface area contributed by atoms with Gasteiger partial charge in [0.05, 0.1) is 17.2 Å². The maximum Gasteiger partial charge on any atom is 0.261 e. The summed E-state index contributed by atoms with van der Waals surface area (Å²) in [4.78, 5) is 28.9. The monoisotopic (exact) mass is 351 g/mol. The van der Waals surface area contributed by atoms with Gasteiger partial charge >= 0.3 is 0 Å². The highest BCUT2D eigenvalue weighted by molar-refractivity contribution is 5.77. The Balaban J connectivity index is 1.32. The van der Waals surface area contributed by atoms with Gasteiger partial charge in [-0.1, -0.05) is 12.1 Å². The number of hydrogen-bond donors (Lipinski definition) is 1.